The minimum Gasteiger partial charge on any atom is -0.495 e. The molecule has 5 aliphatic rings. The molecule has 0 spiro atoms. The molecular weight excluding hydrogens is 1190 g/mol. The fourth-order valence-corrected chi connectivity index (χ4v) is 12.2. The van der Waals surface area contributed by atoms with E-state index in [1.807, 2.05) is 78.9 Å². The zero-order valence-corrected chi connectivity index (χ0v) is 55.1. The molecule has 3 aliphatic carbocycles. The molecule has 22 heteroatoms. The molecule has 0 unspecified atom stereocenters. The lowest BCUT2D eigenvalue weighted by Gasteiger charge is -2.34. The monoisotopic (exact) mass is 1280 g/mol. The second-order valence-corrected chi connectivity index (χ2v) is 23.9. The van der Waals surface area contributed by atoms with Gasteiger partial charge in [0, 0.05) is 97.4 Å². The molecule has 0 bridgehead atoms. The van der Waals surface area contributed by atoms with Gasteiger partial charge >= 0.3 is 0 Å². The maximum absolute atomic E-state index is 12.5. The lowest BCUT2D eigenvalue weighted by molar-refractivity contribution is -0.114. The van der Waals surface area contributed by atoms with E-state index < -0.39 is 0 Å². The lowest BCUT2D eigenvalue weighted by Crippen LogP contribution is -2.39. The van der Waals surface area contributed by atoms with Crippen LogP contribution in [-0.2, 0) is 4.79 Å². The summed E-state index contributed by atoms with van der Waals surface area (Å²) in [5.74, 6) is 12.8. The maximum Gasteiger partial charge on any atom is 0.243 e. The van der Waals surface area contributed by atoms with Crippen LogP contribution >= 0.6 is 0 Å². The molecule has 14 rings (SSSR count). The Morgan fingerprint density at radius 2 is 0.798 bits per heavy atom. The minimum absolute atomic E-state index is 0.0443. The van der Waals surface area contributed by atoms with E-state index in [9.17, 15) is 4.79 Å². The van der Waals surface area contributed by atoms with Crippen molar-refractivity contribution in [3.05, 3.63) is 127 Å². The average Bonchev–Trinajstić information content (AvgIpc) is 1.50. The van der Waals surface area contributed by atoms with Crippen molar-refractivity contribution in [3.63, 3.8) is 0 Å². The van der Waals surface area contributed by atoms with Crippen molar-refractivity contribution in [1.82, 2.24) is 29.9 Å². The van der Waals surface area contributed by atoms with Crippen molar-refractivity contribution in [2.75, 3.05) is 140 Å². The van der Waals surface area contributed by atoms with Gasteiger partial charge in [-0.15, -0.1) is 0 Å². The van der Waals surface area contributed by atoms with E-state index >= 15 is 0 Å². The Labute approximate surface area is 548 Å². The van der Waals surface area contributed by atoms with E-state index in [-0.39, 0.29) is 12.5 Å². The third kappa shape index (κ3) is 14.6. The van der Waals surface area contributed by atoms with Crippen LogP contribution < -0.4 is 73.3 Å². The topological polar surface area (TPSA) is 223 Å². The zero-order valence-electron chi connectivity index (χ0n) is 55.1. The van der Waals surface area contributed by atoms with Crippen LogP contribution in [0.5, 0.6) is 51.7 Å². The number of para-hydroxylation sites is 6. The Morgan fingerprint density at radius 1 is 0.404 bits per heavy atom. The first-order chi connectivity index (χ1) is 46.0. The first-order valence-corrected chi connectivity index (χ1v) is 32.3. The van der Waals surface area contributed by atoms with Gasteiger partial charge in [0.15, 0.2) is 34.5 Å². The highest BCUT2D eigenvalue weighted by atomic mass is 16.5. The Balaban J connectivity index is 0.000000135. The number of carbonyl (C=O) groups is 1. The largest absolute Gasteiger partial charge is 0.495 e. The molecule has 0 radical (unpaired) electrons. The quantitative estimate of drug-likeness (QED) is 0.0608. The van der Waals surface area contributed by atoms with Gasteiger partial charge in [0.2, 0.25) is 5.91 Å². The fraction of sp³-hybridized carbons (Fsp3) is 0.403. The van der Waals surface area contributed by atoms with E-state index in [4.69, 9.17) is 67.6 Å². The van der Waals surface area contributed by atoms with Crippen LogP contribution in [0.4, 0.5) is 34.5 Å². The smallest absolute Gasteiger partial charge is 0.243 e. The Kier molecular flexibility index (Phi) is 20.0. The van der Waals surface area contributed by atoms with E-state index in [0.29, 0.717) is 75.5 Å². The molecule has 6 aromatic carbocycles. The van der Waals surface area contributed by atoms with Crippen LogP contribution in [0.15, 0.2) is 109 Å². The van der Waals surface area contributed by atoms with Gasteiger partial charge in [-0.05, 0) is 112 Å². The highest BCUT2D eigenvalue weighted by molar-refractivity contribution is 5.98. The number of fused-ring (bicyclic) bond motifs is 3. The number of aromatic nitrogens is 6. The molecular formula is C72H84N12O10. The number of rotatable bonds is 21. The summed E-state index contributed by atoms with van der Waals surface area (Å²) in [5.41, 5.74) is 5.40. The zero-order chi connectivity index (χ0) is 65.2. The number of piperidine rings is 1. The van der Waals surface area contributed by atoms with Crippen LogP contribution in [0.3, 0.4) is 0 Å². The summed E-state index contributed by atoms with van der Waals surface area (Å²) < 4.78 is 49.4. The predicted molar refractivity (Wildman–Crippen MR) is 368 cm³/mol. The first kappa shape index (κ1) is 64.1. The molecule has 9 aromatic rings. The second-order valence-electron chi connectivity index (χ2n) is 23.9. The molecule has 2 aliphatic heterocycles. The summed E-state index contributed by atoms with van der Waals surface area (Å²) in [6, 6.07) is 35.6. The Hall–Kier alpha value is -9.99. The fourth-order valence-electron chi connectivity index (χ4n) is 12.2. The Morgan fingerprint density at radius 3 is 1.30 bits per heavy atom. The third-order valence-electron chi connectivity index (χ3n) is 17.7. The average molecular weight is 1280 g/mol. The van der Waals surface area contributed by atoms with Gasteiger partial charge < -0.3 is 73.3 Å². The van der Waals surface area contributed by atoms with Gasteiger partial charge in [0.1, 0.15) is 52.2 Å². The molecule has 3 saturated carbocycles. The number of carbonyl (C=O) groups excluding carboxylic acids is 1. The standard InChI is InChI=1S/2C25H30N4O3.C22H24N4O4/c1-30-21-8-5-4-7-20(21)28-11-6-12-29(14-13-28)25-18-15-22(31-2)23(32-3)16-19(18)26-24(27-25)17-9-10-17;1-30-21-7-5-4-6-19(21)26-17-10-12-29(13-11-17)25-18-14-22(31-2)23(32-3)15-20(18)27-24(28-25)16-8-9-16;1-28-17-7-5-4-6-15(17)24-20(27)12-23-22-14-10-18(29-2)19(30-3)11-16(14)25-21(26-22)13-8-9-13/h4-5,7-8,15-17H,6,9-14H2,1-3H3;4-7,14-17,26H,8-13H2,1-3H3;4-7,10-11,13H,8-9,12H2,1-3H3,(H,24,27)(H,23,25,26). The molecule has 5 heterocycles. The van der Waals surface area contributed by atoms with E-state index in [1.54, 1.807) is 76.1 Å². The summed E-state index contributed by atoms with van der Waals surface area (Å²) in [6.45, 7) is 5.60. The molecule has 0 atom stereocenters. The molecule has 3 N–H and O–H groups in total. The molecule has 1 amide bonds. The number of anilines is 6. The van der Waals surface area contributed by atoms with Crippen LogP contribution in [0.1, 0.15) is 93.0 Å². The SMILES string of the molecule is COc1cc2nc(C3CC3)nc(N3CCCN(c4ccccc4OC)CC3)c2cc1OC.COc1ccccc1NC(=O)CNc1nc(C2CC2)nc2cc(OC)c(OC)cc12.COc1ccccc1NC1CCN(c2nc(C3CC3)nc3cc(OC)c(OC)cc23)CC1. The lowest BCUT2D eigenvalue weighted by atomic mass is 10.0. The highest BCUT2D eigenvalue weighted by Crippen LogP contribution is 2.45. The number of nitrogens with zero attached hydrogens (tertiary/aromatic N) is 9. The van der Waals surface area contributed by atoms with Crippen LogP contribution in [0.25, 0.3) is 32.7 Å². The maximum atomic E-state index is 12.5. The minimum atomic E-state index is -0.209. The summed E-state index contributed by atoms with van der Waals surface area (Å²) >= 11 is 0. The van der Waals surface area contributed by atoms with Crippen molar-refractivity contribution in [2.24, 2.45) is 0 Å². The van der Waals surface area contributed by atoms with Crippen LogP contribution in [0.2, 0.25) is 0 Å². The summed E-state index contributed by atoms with van der Waals surface area (Å²) in [6.07, 6.45) is 9.91. The number of hydrogen-bond donors (Lipinski definition) is 3. The summed E-state index contributed by atoms with van der Waals surface area (Å²) in [4.78, 5) is 49.0. The van der Waals surface area contributed by atoms with E-state index in [2.05, 4.69) is 53.8 Å². The van der Waals surface area contributed by atoms with E-state index in [0.717, 1.165) is 156 Å². The normalized spacial score (nSPS) is 15.6. The molecule has 94 heavy (non-hydrogen) atoms. The van der Waals surface area contributed by atoms with Crippen LogP contribution in [0, 0.1) is 0 Å². The third-order valence-corrected chi connectivity index (χ3v) is 17.7. The van der Waals surface area contributed by atoms with E-state index in [1.165, 1.54) is 25.7 Å². The highest BCUT2D eigenvalue weighted by Gasteiger charge is 2.33. The van der Waals surface area contributed by atoms with Gasteiger partial charge in [-0.1, -0.05) is 36.4 Å². The molecule has 492 valence electrons. The van der Waals surface area contributed by atoms with Crippen molar-refractivity contribution >= 4 is 73.1 Å². The summed E-state index contributed by atoms with van der Waals surface area (Å²) in [5, 5.41) is 12.5. The van der Waals surface area contributed by atoms with Gasteiger partial charge in [0.25, 0.3) is 0 Å². The number of hydrogen-bond acceptors (Lipinski definition) is 21. The molecule has 5 fully saturated rings. The van der Waals surface area contributed by atoms with Crippen molar-refractivity contribution < 1.29 is 47.4 Å². The number of nitrogens with one attached hydrogen (secondary N) is 3. The first-order valence-electron chi connectivity index (χ1n) is 32.3. The molecule has 22 nitrogen and oxygen atoms in total. The van der Waals surface area contributed by atoms with Crippen molar-refractivity contribution in [2.45, 2.75) is 81.6 Å². The Bertz CT molecular complexity index is 4140. The second kappa shape index (κ2) is 29.3. The number of amides is 1. The van der Waals surface area contributed by atoms with Crippen molar-refractivity contribution in [3.8, 4) is 51.7 Å². The number of methoxy groups -OCH3 is 9. The number of benzene rings is 6. The molecule has 3 aromatic heterocycles. The summed E-state index contributed by atoms with van der Waals surface area (Å²) in [7, 11) is 14.8. The van der Waals surface area contributed by atoms with Crippen molar-refractivity contribution in [1.29, 1.82) is 0 Å². The number of ether oxygens (including phenoxy) is 9. The van der Waals surface area contributed by atoms with Gasteiger partial charge in [-0.25, -0.2) is 29.9 Å². The van der Waals surface area contributed by atoms with Gasteiger partial charge in [-0.2, -0.15) is 0 Å². The predicted octanol–water partition coefficient (Wildman–Crippen LogP) is 12.4. The van der Waals surface area contributed by atoms with Gasteiger partial charge in [0.05, 0.1) is 104 Å². The molecule has 2 saturated heterocycles. The van der Waals surface area contributed by atoms with Crippen LogP contribution in [-0.4, -0.2) is 152 Å². The van der Waals surface area contributed by atoms with Gasteiger partial charge in [-0.3, -0.25) is 4.79 Å².